The number of hydrogen-bond acceptors (Lipinski definition) is 4. The minimum atomic E-state index is -0.410. The topological polar surface area (TPSA) is 61.5 Å². The van der Waals surface area contributed by atoms with E-state index in [1.54, 1.807) is 14.0 Å². The molecule has 20 heavy (non-hydrogen) atoms. The zero-order valence-electron chi connectivity index (χ0n) is 12.5. The number of rotatable bonds is 6. The normalized spacial score (nSPS) is 11.7. The van der Waals surface area contributed by atoms with Crippen LogP contribution < -0.4 is 10.5 Å². The molecule has 0 aliphatic rings. The number of ether oxygens (including phenoxy) is 2. The van der Waals surface area contributed by atoms with Gasteiger partial charge in [0.2, 0.25) is 0 Å². The highest BCUT2D eigenvalue weighted by atomic mass is 35.5. The molecule has 2 N–H and O–H groups in total. The van der Waals surface area contributed by atoms with E-state index in [4.69, 9.17) is 15.2 Å². The van der Waals surface area contributed by atoms with E-state index in [2.05, 4.69) is 13.8 Å². The molecule has 4 nitrogen and oxygen atoms in total. The zero-order valence-corrected chi connectivity index (χ0v) is 13.3. The lowest BCUT2D eigenvalue weighted by Gasteiger charge is -2.17. The minimum Gasteiger partial charge on any atom is -0.496 e. The Morgan fingerprint density at radius 3 is 2.50 bits per heavy atom. The molecule has 0 saturated heterocycles. The van der Waals surface area contributed by atoms with Crippen molar-refractivity contribution in [1.29, 1.82) is 0 Å². The highest BCUT2D eigenvalue weighted by Crippen LogP contribution is 2.29. The lowest BCUT2D eigenvalue weighted by Crippen LogP contribution is -2.18. The fraction of sp³-hybridized carbons (Fsp3) is 0.533. The van der Waals surface area contributed by atoms with Gasteiger partial charge in [-0.05, 0) is 24.5 Å². The number of esters is 1. The third kappa shape index (κ3) is 5.02. The molecule has 0 aliphatic heterocycles. The first-order chi connectivity index (χ1) is 8.99. The van der Waals surface area contributed by atoms with Crippen molar-refractivity contribution in [1.82, 2.24) is 0 Å². The Bertz CT molecular complexity index is 435. The van der Waals surface area contributed by atoms with E-state index < -0.39 is 6.04 Å². The number of benzene rings is 1. The standard InChI is InChI=1S/C15H23NO3.ClH/c1-5-19-15(17)9-13(16)12-8-11(10(2)3)6-7-14(12)18-4;/h6-8,10,13H,5,9,16H2,1-4H3;1H/t13-;/m0./s1. The summed E-state index contributed by atoms with van der Waals surface area (Å²) < 4.78 is 10.2. The van der Waals surface area contributed by atoms with Gasteiger partial charge in [-0.25, -0.2) is 0 Å². The summed E-state index contributed by atoms with van der Waals surface area (Å²) in [6.45, 7) is 6.38. The first-order valence-corrected chi connectivity index (χ1v) is 6.58. The van der Waals surface area contributed by atoms with E-state index in [0.717, 1.165) is 5.56 Å². The molecular formula is C15H24ClNO3. The van der Waals surface area contributed by atoms with Crippen LogP contribution in [0.5, 0.6) is 5.75 Å². The molecule has 0 radical (unpaired) electrons. The third-order valence-electron chi connectivity index (χ3n) is 3.01. The first kappa shape index (κ1) is 18.7. The molecule has 1 atom stereocenters. The van der Waals surface area contributed by atoms with Crippen LogP contribution in [-0.2, 0) is 9.53 Å². The van der Waals surface area contributed by atoms with Crippen LogP contribution in [0.4, 0.5) is 0 Å². The molecule has 1 aromatic carbocycles. The number of hydrogen-bond donors (Lipinski definition) is 1. The van der Waals surface area contributed by atoms with E-state index in [-0.39, 0.29) is 24.8 Å². The predicted molar refractivity (Wildman–Crippen MR) is 82.5 cm³/mol. The van der Waals surface area contributed by atoms with Crippen molar-refractivity contribution in [2.45, 2.75) is 39.2 Å². The summed E-state index contributed by atoms with van der Waals surface area (Å²) in [6.07, 6.45) is 0.158. The fourth-order valence-electron chi connectivity index (χ4n) is 1.91. The quantitative estimate of drug-likeness (QED) is 0.820. The molecule has 0 spiro atoms. The van der Waals surface area contributed by atoms with Crippen molar-refractivity contribution < 1.29 is 14.3 Å². The van der Waals surface area contributed by atoms with Crippen molar-refractivity contribution in [3.05, 3.63) is 29.3 Å². The summed E-state index contributed by atoms with van der Waals surface area (Å²) >= 11 is 0. The van der Waals surface area contributed by atoms with Gasteiger partial charge in [0.05, 0.1) is 20.1 Å². The Balaban J connectivity index is 0.00000361. The first-order valence-electron chi connectivity index (χ1n) is 6.58. The summed E-state index contributed by atoms with van der Waals surface area (Å²) in [5, 5.41) is 0. The monoisotopic (exact) mass is 301 g/mol. The van der Waals surface area contributed by atoms with Crippen LogP contribution in [0.1, 0.15) is 50.3 Å². The average molecular weight is 302 g/mol. The second-order valence-corrected chi connectivity index (χ2v) is 4.77. The van der Waals surface area contributed by atoms with Gasteiger partial charge in [-0.1, -0.05) is 26.0 Å². The summed E-state index contributed by atoms with van der Waals surface area (Å²) in [5.74, 6) is 0.827. The Morgan fingerprint density at radius 2 is 2.00 bits per heavy atom. The number of carbonyl (C=O) groups excluding carboxylic acids is 1. The van der Waals surface area contributed by atoms with Crippen LogP contribution in [-0.4, -0.2) is 19.7 Å². The van der Waals surface area contributed by atoms with Gasteiger partial charge in [-0.15, -0.1) is 12.4 Å². The Hall–Kier alpha value is -1.26. The van der Waals surface area contributed by atoms with Gasteiger partial charge in [-0.3, -0.25) is 4.79 Å². The maximum atomic E-state index is 11.5. The van der Waals surface area contributed by atoms with E-state index >= 15 is 0 Å². The van der Waals surface area contributed by atoms with Gasteiger partial charge in [0.1, 0.15) is 5.75 Å². The third-order valence-corrected chi connectivity index (χ3v) is 3.01. The predicted octanol–water partition coefficient (Wildman–Crippen LogP) is 3.19. The van der Waals surface area contributed by atoms with Crippen LogP contribution in [0.25, 0.3) is 0 Å². The molecule has 0 aliphatic carbocycles. The Morgan fingerprint density at radius 1 is 1.35 bits per heavy atom. The smallest absolute Gasteiger partial charge is 0.307 e. The minimum absolute atomic E-state index is 0. The van der Waals surface area contributed by atoms with Crippen LogP contribution in [0.2, 0.25) is 0 Å². The van der Waals surface area contributed by atoms with Crippen molar-refractivity contribution in [2.75, 3.05) is 13.7 Å². The molecule has 114 valence electrons. The fourth-order valence-corrected chi connectivity index (χ4v) is 1.91. The van der Waals surface area contributed by atoms with E-state index in [0.29, 0.717) is 18.3 Å². The second kappa shape index (κ2) is 8.82. The van der Waals surface area contributed by atoms with Gasteiger partial charge >= 0.3 is 5.97 Å². The maximum Gasteiger partial charge on any atom is 0.307 e. The van der Waals surface area contributed by atoms with Crippen molar-refractivity contribution in [2.24, 2.45) is 5.73 Å². The number of methoxy groups -OCH3 is 1. The molecule has 0 bridgehead atoms. The largest absolute Gasteiger partial charge is 0.496 e. The van der Waals surface area contributed by atoms with Crippen LogP contribution in [0.15, 0.2) is 18.2 Å². The van der Waals surface area contributed by atoms with Gasteiger partial charge in [0, 0.05) is 11.6 Å². The summed E-state index contributed by atoms with van der Waals surface area (Å²) in [6, 6.07) is 5.51. The van der Waals surface area contributed by atoms with Gasteiger partial charge < -0.3 is 15.2 Å². The molecule has 1 aromatic rings. The van der Waals surface area contributed by atoms with Crippen LogP contribution in [0.3, 0.4) is 0 Å². The van der Waals surface area contributed by atoms with Gasteiger partial charge in [0.25, 0.3) is 0 Å². The Labute approximate surface area is 127 Å². The molecule has 5 heteroatoms. The van der Waals surface area contributed by atoms with Crippen LogP contribution >= 0.6 is 12.4 Å². The highest BCUT2D eigenvalue weighted by molar-refractivity contribution is 5.85. The molecule has 0 saturated carbocycles. The summed E-state index contributed by atoms with van der Waals surface area (Å²) in [4.78, 5) is 11.5. The molecule has 1 rings (SSSR count). The number of nitrogens with two attached hydrogens (primary N) is 1. The lowest BCUT2D eigenvalue weighted by molar-refractivity contribution is -0.143. The lowest BCUT2D eigenvalue weighted by atomic mass is 9.96. The maximum absolute atomic E-state index is 11.5. The van der Waals surface area contributed by atoms with Crippen molar-refractivity contribution in [3.63, 3.8) is 0 Å². The number of carbonyl (C=O) groups is 1. The van der Waals surface area contributed by atoms with Gasteiger partial charge in [-0.2, -0.15) is 0 Å². The van der Waals surface area contributed by atoms with E-state index in [1.165, 1.54) is 5.56 Å². The van der Waals surface area contributed by atoms with E-state index in [1.807, 2.05) is 18.2 Å². The number of halogens is 1. The Kier molecular flexibility index (Phi) is 8.26. The van der Waals surface area contributed by atoms with E-state index in [9.17, 15) is 4.79 Å². The van der Waals surface area contributed by atoms with Gasteiger partial charge in [0.15, 0.2) is 0 Å². The van der Waals surface area contributed by atoms with Crippen LogP contribution in [0, 0.1) is 0 Å². The van der Waals surface area contributed by atoms with Crippen molar-refractivity contribution in [3.8, 4) is 5.75 Å². The molecule has 0 unspecified atom stereocenters. The average Bonchev–Trinajstić information content (AvgIpc) is 2.37. The highest BCUT2D eigenvalue weighted by Gasteiger charge is 2.17. The molecule has 0 amide bonds. The zero-order chi connectivity index (χ0) is 14.4. The summed E-state index contributed by atoms with van der Waals surface area (Å²) in [7, 11) is 1.60. The molecule has 0 aromatic heterocycles. The molecule has 0 fully saturated rings. The van der Waals surface area contributed by atoms with Crippen molar-refractivity contribution >= 4 is 18.4 Å². The molecule has 0 heterocycles. The SMILES string of the molecule is CCOC(=O)C[C@H](N)c1cc(C(C)C)ccc1OC.Cl. The summed E-state index contributed by atoms with van der Waals surface area (Å²) in [5.41, 5.74) is 8.12. The molecular weight excluding hydrogens is 278 g/mol. The second-order valence-electron chi connectivity index (χ2n) is 4.77.